The van der Waals surface area contributed by atoms with Crippen LogP contribution in [0.4, 0.5) is 0 Å². The highest BCUT2D eigenvalue weighted by Gasteiger charge is 2.14. The van der Waals surface area contributed by atoms with E-state index in [1.54, 1.807) is 19.2 Å². The van der Waals surface area contributed by atoms with Gasteiger partial charge in [-0.15, -0.1) is 0 Å². The molecule has 0 bridgehead atoms. The van der Waals surface area contributed by atoms with Gasteiger partial charge in [-0.25, -0.2) is 5.43 Å². The maximum atomic E-state index is 12.4. The summed E-state index contributed by atoms with van der Waals surface area (Å²) >= 11 is 6.86. The monoisotopic (exact) mass is 570 g/mol. The molecule has 0 aliphatic heterocycles. The lowest BCUT2D eigenvalue weighted by Crippen LogP contribution is -2.16. The van der Waals surface area contributed by atoms with E-state index in [0.29, 0.717) is 23.7 Å². The largest absolute Gasteiger partial charge is 0.493 e. The number of rotatable bonds is 7. The molecule has 8 heteroatoms. The minimum absolute atomic E-state index is 0.165. The van der Waals surface area contributed by atoms with Gasteiger partial charge in [-0.3, -0.25) is 4.79 Å². The number of hydrazone groups is 1. The maximum absolute atomic E-state index is 12.4. The highest BCUT2D eigenvalue weighted by atomic mass is 79.9. The summed E-state index contributed by atoms with van der Waals surface area (Å²) in [5, 5.41) is 4.84. The number of nitrogens with zero attached hydrogens (tertiary/aromatic N) is 1. The van der Waals surface area contributed by atoms with Crippen molar-refractivity contribution in [3.8, 4) is 11.5 Å². The summed E-state index contributed by atoms with van der Waals surface area (Å²) < 4.78 is 18.7. The highest BCUT2D eigenvalue weighted by molar-refractivity contribution is 9.11. The molecule has 0 aliphatic rings. The molecule has 0 spiro atoms. The lowest BCUT2D eigenvalue weighted by Gasteiger charge is -2.11. The van der Waals surface area contributed by atoms with Crippen LogP contribution < -0.4 is 14.9 Å². The maximum Gasteiger partial charge on any atom is 0.307 e. The first kappa shape index (κ1) is 23.1. The Balaban J connectivity index is 1.41. The molecule has 1 amide bonds. The van der Waals surface area contributed by atoms with Gasteiger partial charge in [0.2, 0.25) is 0 Å². The van der Waals surface area contributed by atoms with Crippen LogP contribution in [-0.4, -0.2) is 19.2 Å². The Morgan fingerprint density at radius 1 is 1.09 bits per heavy atom. The molecule has 1 heterocycles. The zero-order chi connectivity index (χ0) is 23.4. The van der Waals surface area contributed by atoms with E-state index in [-0.39, 0.29) is 5.76 Å². The Kier molecular flexibility index (Phi) is 7.15. The zero-order valence-electron chi connectivity index (χ0n) is 17.9. The third kappa shape index (κ3) is 5.64. The second-order valence-corrected chi connectivity index (χ2v) is 9.07. The van der Waals surface area contributed by atoms with E-state index in [4.69, 9.17) is 13.9 Å². The molecule has 0 aliphatic carbocycles. The number of aryl methyl sites for hydroxylation is 1. The molecular formula is C25H20Br2N2O4. The number of hydrogen-bond donors (Lipinski definition) is 1. The van der Waals surface area contributed by atoms with Crippen LogP contribution >= 0.6 is 31.9 Å². The van der Waals surface area contributed by atoms with E-state index < -0.39 is 5.91 Å². The summed E-state index contributed by atoms with van der Waals surface area (Å²) in [7, 11) is 1.58. The molecule has 0 fully saturated rings. The number of nitrogens with one attached hydrogen (secondary N) is 1. The van der Waals surface area contributed by atoms with Crippen molar-refractivity contribution < 1.29 is 18.7 Å². The van der Waals surface area contributed by atoms with Crippen LogP contribution in [0.1, 0.15) is 27.2 Å². The summed E-state index contributed by atoms with van der Waals surface area (Å²) in [5.74, 6) is 0.916. The zero-order valence-corrected chi connectivity index (χ0v) is 21.1. The van der Waals surface area contributed by atoms with Crippen molar-refractivity contribution in [2.45, 2.75) is 13.5 Å². The van der Waals surface area contributed by atoms with Crippen molar-refractivity contribution in [1.29, 1.82) is 0 Å². The van der Waals surface area contributed by atoms with Gasteiger partial charge >= 0.3 is 5.91 Å². The summed E-state index contributed by atoms with van der Waals surface area (Å²) in [5.41, 5.74) is 6.08. The number of hydrogen-bond acceptors (Lipinski definition) is 5. The number of halogens is 2. The molecule has 4 aromatic rings. The third-order valence-corrected chi connectivity index (χ3v) is 5.85. The first-order chi connectivity index (χ1) is 15.9. The number of fused-ring (bicyclic) bond motifs is 1. The van der Waals surface area contributed by atoms with Gasteiger partial charge in [0.15, 0.2) is 17.3 Å². The quantitative estimate of drug-likeness (QED) is 0.200. The van der Waals surface area contributed by atoms with Gasteiger partial charge in [-0.05, 0) is 70.4 Å². The Hall–Kier alpha value is -3.10. The molecule has 33 heavy (non-hydrogen) atoms. The lowest BCUT2D eigenvalue weighted by molar-refractivity contribution is 0.0929. The van der Waals surface area contributed by atoms with Crippen LogP contribution in [0.2, 0.25) is 0 Å². The van der Waals surface area contributed by atoms with Gasteiger partial charge in [0.1, 0.15) is 12.2 Å². The standard InChI is InChI=1S/C25H20Br2N2O4/c1-15-4-3-5-17(8-15)14-32-21-7-6-16(9-22(21)31-2)13-28-29-25(30)23-11-18-10-19(26)12-20(27)24(18)33-23/h3-13H,14H2,1-2H3,(H,29,30)/b28-13-. The SMILES string of the molecule is COc1cc(/C=N\NC(=O)c2cc3cc(Br)cc(Br)c3o2)ccc1OCc1cccc(C)c1. The van der Waals surface area contributed by atoms with Crippen LogP contribution in [0.5, 0.6) is 11.5 Å². The average molecular weight is 572 g/mol. The third-order valence-electron chi connectivity index (χ3n) is 4.80. The van der Waals surface area contributed by atoms with Crippen molar-refractivity contribution in [3.05, 3.63) is 92.1 Å². The van der Waals surface area contributed by atoms with E-state index in [0.717, 1.165) is 25.5 Å². The number of carbonyl (C=O) groups excluding carboxylic acids is 1. The Morgan fingerprint density at radius 2 is 1.94 bits per heavy atom. The Bertz CT molecular complexity index is 1350. The van der Waals surface area contributed by atoms with Crippen molar-refractivity contribution in [2.24, 2.45) is 5.10 Å². The predicted molar refractivity (Wildman–Crippen MR) is 135 cm³/mol. The minimum Gasteiger partial charge on any atom is -0.493 e. The van der Waals surface area contributed by atoms with Crippen molar-refractivity contribution in [1.82, 2.24) is 5.43 Å². The second-order valence-electron chi connectivity index (χ2n) is 7.30. The molecule has 168 valence electrons. The molecule has 0 saturated carbocycles. The molecule has 3 aromatic carbocycles. The van der Waals surface area contributed by atoms with Gasteiger partial charge in [0.05, 0.1) is 17.8 Å². The van der Waals surface area contributed by atoms with Crippen molar-refractivity contribution >= 4 is 55.0 Å². The van der Waals surface area contributed by atoms with E-state index in [1.807, 2.05) is 49.4 Å². The normalized spacial score (nSPS) is 11.2. The molecule has 0 radical (unpaired) electrons. The fourth-order valence-corrected chi connectivity index (χ4v) is 4.59. The molecule has 6 nitrogen and oxygen atoms in total. The average Bonchev–Trinajstić information content (AvgIpc) is 3.22. The highest BCUT2D eigenvalue weighted by Crippen LogP contribution is 2.31. The number of benzene rings is 3. The van der Waals surface area contributed by atoms with Crippen LogP contribution in [0.3, 0.4) is 0 Å². The minimum atomic E-state index is -0.449. The van der Waals surface area contributed by atoms with Gasteiger partial charge in [-0.2, -0.15) is 5.10 Å². The van der Waals surface area contributed by atoms with E-state index in [2.05, 4.69) is 48.5 Å². The summed E-state index contributed by atoms with van der Waals surface area (Å²) in [6.45, 7) is 2.48. The fraction of sp³-hybridized carbons (Fsp3) is 0.120. The molecule has 1 aromatic heterocycles. The summed E-state index contributed by atoms with van der Waals surface area (Å²) in [6.07, 6.45) is 1.53. The topological polar surface area (TPSA) is 73.1 Å². The predicted octanol–water partition coefficient (Wildman–Crippen LogP) is 6.62. The number of furan rings is 1. The Labute approximate surface area is 207 Å². The number of methoxy groups -OCH3 is 1. The Morgan fingerprint density at radius 3 is 2.73 bits per heavy atom. The van der Waals surface area contributed by atoms with Crippen LogP contribution in [0, 0.1) is 6.92 Å². The summed E-state index contributed by atoms with van der Waals surface area (Å²) in [6, 6.07) is 19.0. The van der Waals surface area contributed by atoms with Gasteiger partial charge in [0, 0.05) is 9.86 Å². The molecule has 1 N–H and O–H groups in total. The van der Waals surface area contributed by atoms with Crippen molar-refractivity contribution in [3.63, 3.8) is 0 Å². The summed E-state index contributed by atoms with van der Waals surface area (Å²) in [4.78, 5) is 12.4. The fourth-order valence-electron chi connectivity index (χ4n) is 3.25. The van der Waals surface area contributed by atoms with Crippen LogP contribution in [-0.2, 0) is 6.61 Å². The van der Waals surface area contributed by atoms with Crippen LogP contribution in [0.25, 0.3) is 11.0 Å². The van der Waals surface area contributed by atoms with Crippen molar-refractivity contribution in [2.75, 3.05) is 7.11 Å². The molecular weight excluding hydrogens is 552 g/mol. The number of amides is 1. The van der Waals surface area contributed by atoms with E-state index >= 15 is 0 Å². The molecule has 4 rings (SSSR count). The lowest BCUT2D eigenvalue weighted by atomic mass is 10.1. The first-order valence-corrected chi connectivity index (χ1v) is 11.6. The first-order valence-electron chi connectivity index (χ1n) is 10.0. The van der Waals surface area contributed by atoms with Gasteiger partial charge < -0.3 is 13.9 Å². The van der Waals surface area contributed by atoms with Gasteiger partial charge in [-0.1, -0.05) is 45.8 Å². The molecule has 0 unspecified atom stereocenters. The second kappa shape index (κ2) is 10.2. The number of carbonyl (C=O) groups is 1. The molecule has 0 atom stereocenters. The van der Waals surface area contributed by atoms with Crippen LogP contribution in [0.15, 0.2) is 79.1 Å². The molecule has 0 saturated heterocycles. The van der Waals surface area contributed by atoms with E-state index in [1.165, 1.54) is 11.8 Å². The van der Waals surface area contributed by atoms with E-state index in [9.17, 15) is 4.79 Å². The van der Waals surface area contributed by atoms with Gasteiger partial charge in [0.25, 0.3) is 0 Å². The smallest absolute Gasteiger partial charge is 0.307 e. The number of ether oxygens (including phenoxy) is 2.